The molecule has 0 aromatic heterocycles. The Labute approximate surface area is 247 Å². The van der Waals surface area contributed by atoms with Gasteiger partial charge in [0.25, 0.3) is 0 Å². The van der Waals surface area contributed by atoms with E-state index in [0.717, 1.165) is 32.1 Å². The molecular formula is C28H48LiNO8S. The number of aliphatic carboxylic acids is 1. The molecule has 0 aromatic rings. The molecule has 39 heavy (non-hydrogen) atoms. The molecule has 1 unspecified atom stereocenters. The number of rotatable bonds is 12. The largest absolute Gasteiger partial charge is 1.00 e. The summed E-state index contributed by atoms with van der Waals surface area (Å²) in [7, 11) is -0.443. The van der Waals surface area contributed by atoms with Gasteiger partial charge in [-0.05, 0) is 63.2 Å². The smallest absolute Gasteiger partial charge is 0.870 e. The van der Waals surface area contributed by atoms with E-state index in [1.165, 1.54) is 11.4 Å². The van der Waals surface area contributed by atoms with Crippen molar-refractivity contribution < 1.29 is 56.9 Å². The van der Waals surface area contributed by atoms with Gasteiger partial charge < -0.3 is 20.1 Å². The van der Waals surface area contributed by atoms with Gasteiger partial charge in [0.2, 0.25) is 15.9 Å². The van der Waals surface area contributed by atoms with E-state index in [1.54, 1.807) is 33.1 Å². The molecule has 1 saturated heterocycles. The average molecular weight is 566 g/mol. The van der Waals surface area contributed by atoms with E-state index in [9.17, 15) is 18.0 Å². The number of methoxy groups -OCH3 is 2. The molecule has 1 heterocycles. The molecule has 2 N–H and O–H groups in total. The van der Waals surface area contributed by atoms with Crippen LogP contribution in [0.2, 0.25) is 0 Å². The van der Waals surface area contributed by atoms with Gasteiger partial charge in [-0.2, -0.15) is 0 Å². The summed E-state index contributed by atoms with van der Waals surface area (Å²) in [5, 5.41) is 8.68. The van der Waals surface area contributed by atoms with Crippen LogP contribution in [0.15, 0.2) is 25.3 Å². The fraction of sp³-hybridized carbons (Fsp3) is 0.786. The quantitative estimate of drug-likeness (QED) is 0.277. The Morgan fingerprint density at radius 1 is 1.05 bits per heavy atom. The number of hydrogen-bond donors (Lipinski definition) is 1. The number of carbonyl (C=O) groups is 2. The fourth-order valence-corrected chi connectivity index (χ4v) is 9.42. The summed E-state index contributed by atoms with van der Waals surface area (Å²) >= 11 is 0. The molecular weight excluding hydrogens is 517 g/mol. The Kier molecular flexibility index (Phi) is 14.7. The number of carboxylic acids is 1. The van der Waals surface area contributed by atoms with Crippen LogP contribution in [0, 0.1) is 28.6 Å². The first-order chi connectivity index (χ1) is 17.2. The van der Waals surface area contributed by atoms with Crippen LogP contribution in [0.1, 0.15) is 72.6 Å². The minimum atomic E-state index is -3.56. The zero-order valence-electron chi connectivity index (χ0n) is 24.9. The van der Waals surface area contributed by atoms with E-state index in [4.69, 9.17) is 14.6 Å². The summed E-state index contributed by atoms with van der Waals surface area (Å²) < 4.78 is 37.7. The molecule has 2 saturated carbocycles. The van der Waals surface area contributed by atoms with Crippen molar-refractivity contribution in [3.63, 3.8) is 0 Å². The number of nitrogens with zero attached hydrogens (tertiary/aromatic N) is 1. The fourth-order valence-electron chi connectivity index (χ4n) is 6.81. The van der Waals surface area contributed by atoms with E-state index in [0.29, 0.717) is 18.8 Å². The van der Waals surface area contributed by atoms with Gasteiger partial charge in [-0.25, -0.2) is 12.7 Å². The first kappa shape index (κ1) is 37.8. The second kappa shape index (κ2) is 15.2. The maximum atomic E-state index is 13.2. The van der Waals surface area contributed by atoms with Crippen molar-refractivity contribution >= 4 is 21.9 Å². The number of carboxylic acid groups (broad SMARTS) is 1. The molecule has 1 amide bonds. The molecule has 7 atom stereocenters. The van der Waals surface area contributed by atoms with Gasteiger partial charge in [-0.3, -0.25) is 9.59 Å². The molecule has 3 rings (SSSR count). The van der Waals surface area contributed by atoms with Crippen LogP contribution in [-0.2, 0) is 29.1 Å². The summed E-state index contributed by atoms with van der Waals surface area (Å²) in [4.78, 5) is 23.7. The van der Waals surface area contributed by atoms with Crippen LogP contribution in [0.3, 0.4) is 0 Å². The molecule has 9 nitrogen and oxygen atoms in total. The molecule has 2 bridgehead atoms. The van der Waals surface area contributed by atoms with Crippen LogP contribution >= 0.6 is 0 Å². The van der Waals surface area contributed by atoms with Gasteiger partial charge >= 0.3 is 24.8 Å². The molecule has 0 radical (unpaired) electrons. The van der Waals surface area contributed by atoms with E-state index in [1.807, 2.05) is 0 Å². The predicted molar refractivity (Wildman–Crippen MR) is 146 cm³/mol. The maximum absolute atomic E-state index is 13.2. The van der Waals surface area contributed by atoms with E-state index < -0.39 is 27.8 Å². The van der Waals surface area contributed by atoms with Crippen LogP contribution in [0.5, 0.6) is 0 Å². The van der Waals surface area contributed by atoms with Crippen molar-refractivity contribution in [1.82, 2.24) is 4.31 Å². The monoisotopic (exact) mass is 565 g/mol. The third-order valence-corrected chi connectivity index (χ3v) is 11.4. The molecule has 220 valence electrons. The van der Waals surface area contributed by atoms with Crippen molar-refractivity contribution in [2.75, 3.05) is 20.0 Å². The van der Waals surface area contributed by atoms with E-state index >= 15 is 0 Å². The number of fused-ring (bicyclic) bond motifs is 1. The van der Waals surface area contributed by atoms with Gasteiger partial charge in [0.15, 0.2) is 0 Å². The van der Waals surface area contributed by atoms with Crippen molar-refractivity contribution in [2.24, 2.45) is 28.6 Å². The summed E-state index contributed by atoms with van der Waals surface area (Å²) in [6.07, 6.45) is 8.79. The van der Waals surface area contributed by atoms with E-state index in [-0.39, 0.29) is 65.1 Å². The number of ether oxygens (including phenoxy) is 2. The van der Waals surface area contributed by atoms with Crippen molar-refractivity contribution in [2.45, 2.75) is 90.9 Å². The molecule has 2 aliphatic carbocycles. The molecule has 3 fully saturated rings. The van der Waals surface area contributed by atoms with Crippen LogP contribution in [-0.4, -0.2) is 73.4 Å². The molecule has 1 spiro atoms. The maximum Gasteiger partial charge on any atom is 1.00 e. The summed E-state index contributed by atoms with van der Waals surface area (Å²) in [5.41, 5.74) is -0.290. The molecule has 1 aliphatic heterocycles. The van der Waals surface area contributed by atoms with Gasteiger partial charge in [0.05, 0.1) is 35.8 Å². The van der Waals surface area contributed by atoms with E-state index in [2.05, 4.69) is 27.0 Å². The Morgan fingerprint density at radius 3 is 1.95 bits per heavy atom. The molecule has 0 aromatic carbocycles. The number of carbonyl (C=O) groups excluding carboxylic acids is 1. The molecule has 11 heteroatoms. The topological polar surface area (TPSA) is 140 Å². The van der Waals surface area contributed by atoms with Crippen LogP contribution in [0.25, 0.3) is 0 Å². The number of allylic oxidation sites excluding steroid dienone is 2. The summed E-state index contributed by atoms with van der Waals surface area (Å²) in [5.74, 6) is -1.39. The number of amides is 1. The van der Waals surface area contributed by atoms with Gasteiger partial charge in [0.1, 0.15) is 0 Å². The van der Waals surface area contributed by atoms with Crippen molar-refractivity contribution in [3.05, 3.63) is 25.3 Å². The van der Waals surface area contributed by atoms with Gasteiger partial charge in [0, 0.05) is 19.6 Å². The normalized spacial score (nSPS) is 28.3. The second-order valence-electron chi connectivity index (χ2n) is 11.5. The Bertz CT molecular complexity index is 955. The Morgan fingerprint density at radius 2 is 1.54 bits per heavy atom. The first-order valence-electron chi connectivity index (χ1n) is 13.3. The average Bonchev–Trinajstić information content (AvgIpc) is 3.32. The zero-order valence-corrected chi connectivity index (χ0v) is 25.7. The third kappa shape index (κ3) is 7.38. The van der Waals surface area contributed by atoms with Crippen molar-refractivity contribution in [3.8, 4) is 0 Å². The number of sulfonamides is 1. The Balaban J connectivity index is 0.000000888. The van der Waals surface area contributed by atoms with Gasteiger partial charge in [-0.15, -0.1) is 13.2 Å². The summed E-state index contributed by atoms with van der Waals surface area (Å²) in [6, 6.07) is -0.168. The minimum Gasteiger partial charge on any atom is -0.870 e. The SMILES string of the molecule is C=CCC[C@@H](OC)[C@@H](C)C(=O)N1[C@H]2CC3CC[C@@]2(CS1(=O)=O)C3(C)C.C=CCC[C@@H](OC)[C@@H](C)C(=O)O.[Li+].[OH-]. The van der Waals surface area contributed by atoms with Crippen molar-refractivity contribution in [1.29, 1.82) is 0 Å². The summed E-state index contributed by atoms with van der Waals surface area (Å²) in [6.45, 7) is 15.1. The predicted octanol–water partition coefficient (Wildman–Crippen LogP) is 1.49. The molecule has 3 aliphatic rings. The van der Waals surface area contributed by atoms with Crippen LogP contribution < -0.4 is 18.9 Å². The standard InChI is InChI=1S/C19H31NO4S.C9H16O3.Li.H2O/c1-6-7-8-15(24-5)13(2)17(21)20-16-11-14-9-10-19(16,18(14,3)4)12-25(20,22)23;1-4-5-6-8(12-3)7(2)9(10)11;;/h6,13-16H,1,7-12H2,2-5H3;4,7-8H,1,5-6H2,2-3H3,(H,10,11);;1H2/q;;+1;/p-1/t13-,14?,15-,16+,19+;7-,8-;;/m11../s1. The number of hydrogen-bond acceptors (Lipinski definition) is 7. The van der Waals surface area contributed by atoms with Gasteiger partial charge in [-0.1, -0.05) is 32.9 Å². The third-order valence-electron chi connectivity index (χ3n) is 9.44. The minimum absolute atomic E-state index is 0. The van der Waals surface area contributed by atoms with Crippen LogP contribution in [0.4, 0.5) is 0 Å². The zero-order chi connectivity index (χ0) is 28.2. The first-order valence-corrected chi connectivity index (χ1v) is 14.9. The second-order valence-corrected chi connectivity index (χ2v) is 13.3. The Hall–Kier alpha value is -1.15.